The van der Waals surface area contributed by atoms with Crippen LogP contribution in [0.5, 0.6) is 5.88 Å². The molecule has 21 heteroatoms. The van der Waals surface area contributed by atoms with Crippen LogP contribution in [0.2, 0.25) is 0 Å². The van der Waals surface area contributed by atoms with Crippen LogP contribution in [0.1, 0.15) is 25.3 Å². The maximum atomic E-state index is 12.2. The van der Waals surface area contributed by atoms with Crippen LogP contribution in [-0.2, 0) is 28.4 Å². The van der Waals surface area contributed by atoms with Crippen molar-refractivity contribution in [1.29, 1.82) is 0 Å². The van der Waals surface area contributed by atoms with Gasteiger partial charge in [0.15, 0.2) is 47.2 Å². The predicted octanol–water partition coefficient (Wildman–Crippen LogP) is -1.19. The quantitative estimate of drug-likeness (QED) is 0.0454. The number of nitrogen functional groups attached to an aromatic ring is 1. The number of aromatic hydroxyl groups is 1. The second kappa shape index (κ2) is 13.1. The number of nitrogens with zero attached hydrogens (tertiary/aromatic N) is 7. The first-order valence-electron chi connectivity index (χ1n) is 13.8. The molecule has 2 saturated heterocycles. The summed E-state index contributed by atoms with van der Waals surface area (Å²) in [4.78, 5) is 39.5. The molecule has 0 aliphatic carbocycles. The Bertz CT molecular complexity index is 1690. The number of nitrogens with one attached hydrogen (secondary N) is 1. The molecule has 0 saturated carbocycles. The fraction of sp³-hybridized carbons (Fsp3) is 0.583. The molecule has 2 fully saturated rings. The molecule has 0 aromatic carbocycles. The van der Waals surface area contributed by atoms with Crippen LogP contribution in [0.25, 0.3) is 22.3 Å². The van der Waals surface area contributed by atoms with Gasteiger partial charge >= 0.3 is 0 Å². The number of hydrogen-bond acceptors (Lipinski definition) is 17. The molecule has 0 spiro atoms. The van der Waals surface area contributed by atoms with E-state index in [2.05, 4.69) is 39.4 Å². The maximum absolute atomic E-state index is 12.2. The van der Waals surface area contributed by atoms with Gasteiger partial charge in [0.05, 0.1) is 38.1 Å². The van der Waals surface area contributed by atoms with Crippen molar-refractivity contribution in [2.45, 2.75) is 62.1 Å². The lowest BCUT2D eigenvalue weighted by Crippen LogP contribution is -2.36. The number of H-pyrrole nitrogens is 1. The molecule has 4 aromatic heterocycles. The van der Waals surface area contributed by atoms with E-state index in [1.165, 1.54) is 35.2 Å². The van der Waals surface area contributed by atoms with Gasteiger partial charge in [-0.3, -0.25) is 24.2 Å². The number of fused-ring (bicyclic) bond motifs is 2. The predicted molar refractivity (Wildman–Crippen MR) is 152 cm³/mol. The summed E-state index contributed by atoms with van der Waals surface area (Å²) in [6.07, 6.45) is -3.33. The van der Waals surface area contributed by atoms with Gasteiger partial charge in [-0.1, -0.05) is 0 Å². The number of aliphatic hydroxyl groups excluding tert-OH is 2. The Morgan fingerprint density at radius 1 is 1.07 bits per heavy atom. The SMILES string of the molecule is CO[C@H]1[C@@H](OO)[C@H](n2cnc3c(=O)[nH]c(N)nc32)O[C@@H]1CCC(O)OC[C@H]1[C@@H](O)[C@H](n2cnc3c(O)ncnc32)O[C@@H]1COP. The number of ether oxygens (including phenoxy) is 4. The van der Waals surface area contributed by atoms with Gasteiger partial charge in [0, 0.05) is 28.9 Å². The monoisotopic (exact) mass is 653 g/mol. The largest absolute Gasteiger partial charge is 0.492 e. The van der Waals surface area contributed by atoms with Gasteiger partial charge < -0.3 is 44.5 Å². The van der Waals surface area contributed by atoms with Gasteiger partial charge in [-0.2, -0.15) is 9.97 Å². The summed E-state index contributed by atoms with van der Waals surface area (Å²) in [5.41, 5.74) is 5.71. The minimum Gasteiger partial charge on any atom is -0.492 e. The van der Waals surface area contributed by atoms with Gasteiger partial charge in [0.25, 0.3) is 5.56 Å². The van der Waals surface area contributed by atoms with Crippen LogP contribution in [-0.4, -0.2) is 117 Å². The third-order valence-electron chi connectivity index (χ3n) is 7.98. The number of anilines is 1. The first kappa shape index (κ1) is 31.5. The summed E-state index contributed by atoms with van der Waals surface area (Å²) in [7, 11) is 3.54. The van der Waals surface area contributed by atoms with Crippen LogP contribution in [0.15, 0.2) is 23.8 Å². The van der Waals surface area contributed by atoms with Gasteiger partial charge in [0.2, 0.25) is 11.8 Å². The lowest BCUT2D eigenvalue weighted by atomic mass is 9.99. The van der Waals surface area contributed by atoms with Gasteiger partial charge in [0.1, 0.15) is 18.5 Å². The molecule has 0 bridgehead atoms. The van der Waals surface area contributed by atoms with E-state index in [0.29, 0.717) is 0 Å². The molecule has 2 aliphatic rings. The number of methoxy groups -OCH3 is 1. The van der Waals surface area contributed by atoms with Crippen LogP contribution < -0.4 is 11.3 Å². The fourth-order valence-corrected chi connectivity index (χ4v) is 6.00. The standard InChI is InChI=1S/C24H32N9O11P/c1-39-16-10(42-23(17(16)44-38)33-8-29-14-19(33)30-24(25)31-21(14)37)2-3-12(34)40-4-9-11(5-41-45)43-22(15(9)35)32-7-28-13-18(32)26-6-27-20(13)36/h6-12,15-17,22-23,34-35,38H,2-5,45H2,1H3,(H,26,27,36)(H3,25,30,31,37)/t9-,10-,11-,12?,15-,16-,17-,22-,23-/m1/s1. The first-order chi connectivity index (χ1) is 21.7. The highest BCUT2D eigenvalue weighted by Crippen LogP contribution is 2.38. The Kier molecular flexibility index (Phi) is 9.20. The van der Waals surface area contributed by atoms with Crippen molar-refractivity contribution < 1.29 is 48.9 Å². The Morgan fingerprint density at radius 3 is 2.53 bits per heavy atom. The van der Waals surface area contributed by atoms with Crippen molar-refractivity contribution >= 4 is 37.7 Å². The number of aromatic nitrogens is 8. The third kappa shape index (κ3) is 5.85. The normalized spacial score (nSPS) is 29.3. The molecule has 2 unspecified atom stereocenters. The van der Waals surface area contributed by atoms with Crippen LogP contribution in [0, 0.1) is 5.92 Å². The minimum absolute atomic E-state index is 0.0177. The summed E-state index contributed by atoms with van der Waals surface area (Å²) in [5.74, 6) is -1.06. The highest BCUT2D eigenvalue weighted by atomic mass is 31.0. The molecule has 20 nitrogen and oxygen atoms in total. The average Bonchev–Trinajstić information content (AvgIpc) is 3.78. The van der Waals surface area contributed by atoms with Crippen LogP contribution in [0.3, 0.4) is 0 Å². The summed E-state index contributed by atoms with van der Waals surface area (Å²) in [6.45, 7) is -0.00280. The summed E-state index contributed by atoms with van der Waals surface area (Å²) in [6, 6.07) is 0. The molecular formula is C24H32N9O11P. The van der Waals surface area contributed by atoms with Crippen LogP contribution >= 0.6 is 9.47 Å². The zero-order valence-corrected chi connectivity index (χ0v) is 24.8. The fourth-order valence-electron chi connectivity index (χ4n) is 5.81. The van der Waals surface area contributed by atoms with Gasteiger partial charge in [-0.15, -0.1) is 0 Å². The number of hydrogen-bond donors (Lipinski definition) is 6. The molecule has 6 rings (SSSR count). The third-order valence-corrected chi connectivity index (χ3v) is 8.17. The Labute approximate surface area is 255 Å². The highest BCUT2D eigenvalue weighted by molar-refractivity contribution is 7.09. The van der Waals surface area contributed by atoms with Crippen molar-refractivity contribution in [3.05, 3.63) is 29.3 Å². The molecule has 244 valence electrons. The lowest BCUT2D eigenvalue weighted by Gasteiger charge is -2.23. The smallest absolute Gasteiger partial charge is 0.280 e. The number of aliphatic hydroxyl groups is 2. The first-order valence-corrected chi connectivity index (χ1v) is 14.2. The van der Waals surface area contributed by atoms with E-state index in [1.807, 2.05) is 0 Å². The number of rotatable bonds is 12. The second-order valence-electron chi connectivity index (χ2n) is 10.6. The van der Waals surface area contributed by atoms with E-state index in [4.69, 9.17) is 34.1 Å². The zero-order chi connectivity index (χ0) is 31.8. The summed E-state index contributed by atoms with van der Waals surface area (Å²) in [5, 5.41) is 41.6. The molecule has 45 heavy (non-hydrogen) atoms. The molecule has 0 amide bonds. The molecule has 2 aliphatic heterocycles. The maximum Gasteiger partial charge on any atom is 0.280 e. The second-order valence-corrected chi connectivity index (χ2v) is 10.9. The van der Waals surface area contributed by atoms with Crippen molar-refractivity contribution in [1.82, 2.24) is 39.0 Å². The number of nitrogens with two attached hydrogens (primary N) is 1. The Balaban J connectivity index is 1.10. The summed E-state index contributed by atoms with van der Waals surface area (Å²) < 4.78 is 31.5. The minimum atomic E-state index is -1.28. The molecule has 6 heterocycles. The van der Waals surface area contributed by atoms with Crippen molar-refractivity contribution in [3.63, 3.8) is 0 Å². The van der Waals surface area contributed by atoms with E-state index < -0.39 is 60.7 Å². The Morgan fingerprint density at radius 2 is 1.80 bits per heavy atom. The van der Waals surface area contributed by atoms with E-state index in [-0.39, 0.29) is 60.2 Å². The van der Waals surface area contributed by atoms with Crippen molar-refractivity contribution in [2.75, 3.05) is 26.1 Å². The molecule has 0 radical (unpaired) electrons. The summed E-state index contributed by atoms with van der Waals surface area (Å²) >= 11 is 0. The highest BCUT2D eigenvalue weighted by Gasteiger charge is 2.48. The number of aromatic amines is 1. The molecular weight excluding hydrogens is 621 g/mol. The van der Waals surface area contributed by atoms with E-state index in [9.17, 15) is 25.4 Å². The molecule has 10 atom stereocenters. The van der Waals surface area contributed by atoms with Crippen LogP contribution in [0.4, 0.5) is 5.95 Å². The number of imidazole rings is 2. The van der Waals surface area contributed by atoms with Crippen molar-refractivity contribution in [3.8, 4) is 5.88 Å². The van der Waals surface area contributed by atoms with Gasteiger partial charge in [-0.25, -0.2) is 19.8 Å². The zero-order valence-electron chi connectivity index (χ0n) is 23.7. The van der Waals surface area contributed by atoms with E-state index in [0.717, 1.165) is 0 Å². The lowest BCUT2D eigenvalue weighted by molar-refractivity contribution is -0.306. The molecule has 4 aromatic rings. The Hall–Kier alpha value is -3.43. The van der Waals surface area contributed by atoms with E-state index >= 15 is 0 Å². The topological polar surface area (TPSA) is 269 Å². The van der Waals surface area contributed by atoms with Crippen molar-refractivity contribution in [2.24, 2.45) is 5.92 Å². The average molecular weight is 654 g/mol. The van der Waals surface area contributed by atoms with Gasteiger partial charge in [-0.05, 0) is 6.42 Å². The molecule has 7 N–H and O–H groups in total. The van der Waals surface area contributed by atoms with E-state index in [1.54, 1.807) is 0 Å².